The smallest absolute Gasteiger partial charge is 0.124 e. The highest BCUT2D eigenvalue weighted by Crippen LogP contribution is 2.42. The molecule has 1 aliphatic carbocycles. The molecule has 6 heteroatoms. The van der Waals surface area contributed by atoms with Gasteiger partial charge in [-0.1, -0.05) is 25.3 Å². The Morgan fingerprint density at radius 1 is 1.12 bits per heavy atom. The summed E-state index contributed by atoms with van der Waals surface area (Å²) in [5.41, 5.74) is 1.08. The SMILES string of the molecule is COc1ccc([C@H](C2CCCCC2)N2CCNCC2)c(O)c1.Cl.Cl. The van der Waals surface area contributed by atoms with Gasteiger partial charge in [-0.2, -0.15) is 0 Å². The Balaban J connectivity index is 0.00000144. The molecule has 1 aromatic rings. The van der Waals surface area contributed by atoms with E-state index in [1.807, 2.05) is 6.07 Å². The van der Waals surface area contributed by atoms with Crippen LogP contribution in [0.4, 0.5) is 0 Å². The van der Waals surface area contributed by atoms with Crippen LogP contribution in [-0.4, -0.2) is 43.3 Å². The number of benzene rings is 1. The fourth-order valence-corrected chi connectivity index (χ4v) is 4.06. The topological polar surface area (TPSA) is 44.7 Å². The Bertz CT molecular complexity index is 472. The molecule has 4 nitrogen and oxygen atoms in total. The number of hydrogen-bond acceptors (Lipinski definition) is 4. The molecule has 1 saturated heterocycles. The van der Waals surface area contributed by atoms with Gasteiger partial charge in [0.1, 0.15) is 11.5 Å². The Hall–Kier alpha value is -0.680. The van der Waals surface area contributed by atoms with E-state index in [4.69, 9.17) is 4.74 Å². The quantitative estimate of drug-likeness (QED) is 0.839. The second-order valence-electron chi connectivity index (χ2n) is 6.55. The zero-order chi connectivity index (χ0) is 15.4. The van der Waals surface area contributed by atoms with Crippen molar-refractivity contribution in [2.75, 3.05) is 33.3 Å². The van der Waals surface area contributed by atoms with Crippen molar-refractivity contribution in [3.8, 4) is 11.5 Å². The fraction of sp³-hybridized carbons (Fsp3) is 0.667. The predicted octanol–water partition coefficient (Wildman–Crippen LogP) is 3.77. The highest BCUT2D eigenvalue weighted by molar-refractivity contribution is 5.85. The van der Waals surface area contributed by atoms with Crippen molar-refractivity contribution in [3.63, 3.8) is 0 Å². The molecular formula is C18H30Cl2N2O2. The minimum atomic E-state index is 0. The molecule has 0 bridgehead atoms. The molecule has 2 N–H and O–H groups in total. The zero-order valence-electron chi connectivity index (χ0n) is 14.4. The average Bonchev–Trinajstić information content (AvgIpc) is 2.58. The van der Waals surface area contributed by atoms with Gasteiger partial charge in [0.15, 0.2) is 0 Å². The lowest BCUT2D eigenvalue weighted by Crippen LogP contribution is -2.47. The molecule has 1 saturated carbocycles. The molecule has 1 heterocycles. The van der Waals surface area contributed by atoms with Crippen molar-refractivity contribution in [3.05, 3.63) is 23.8 Å². The first kappa shape index (κ1) is 21.4. The van der Waals surface area contributed by atoms with Gasteiger partial charge in [-0.15, -0.1) is 24.8 Å². The summed E-state index contributed by atoms with van der Waals surface area (Å²) in [6.07, 6.45) is 6.56. The summed E-state index contributed by atoms with van der Waals surface area (Å²) in [7, 11) is 1.64. The number of piperazine rings is 1. The second-order valence-corrected chi connectivity index (χ2v) is 6.55. The number of rotatable bonds is 4. The Kier molecular flexibility index (Phi) is 9.21. The van der Waals surface area contributed by atoms with Crippen LogP contribution in [0.1, 0.15) is 43.7 Å². The Labute approximate surface area is 157 Å². The van der Waals surface area contributed by atoms with E-state index in [0.29, 0.717) is 17.7 Å². The van der Waals surface area contributed by atoms with E-state index in [-0.39, 0.29) is 24.8 Å². The first-order valence-corrected chi connectivity index (χ1v) is 8.61. The third-order valence-electron chi connectivity index (χ3n) is 5.20. The molecule has 0 spiro atoms. The highest BCUT2D eigenvalue weighted by atomic mass is 35.5. The predicted molar refractivity (Wildman–Crippen MR) is 103 cm³/mol. The lowest BCUT2D eigenvalue weighted by Gasteiger charge is -2.41. The maximum atomic E-state index is 10.5. The summed E-state index contributed by atoms with van der Waals surface area (Å²) in [5.74, 6) is 1.77. The zero-order valence-corrected chi connectivity index (χ0v) is 16.0. The molecule has 0 amide bonds. The molecule has 0 unspecified atom stereocenters. The van der Waals surface area contributed by atoms with Crippen LogP contribution in [-0.2, 0) is 0 Å². The molecule has 1 aromatic carbocycles. The second kappa shape index (κ2) is 10.3. The molecule has 3 rings (SSSR count). The van der Waals surface area contributed by atoms with E-state index < -0.39 is 0 Å². The van der Waals surface area contributed by atoms with Crippen LogP contribution in [0, 0.1) is 5.92 Å². The van der Waals surface area contributed by atoms with Gasteiger partial charge >= 0.3 is 0 Å². The first-order chi connectivity index (χ1) is 10.8. The summed E-state index contributed by atoms with van der Waals surface area (Å²) in [6, 6.07) is 6.14. The lowest BCUT2D eigenvalue weighted by molar-refractivity contribution is 0.101. The molecule has 24 heavy (non-hydrogen) atoms. The molecular weight excluding hydrogens is 347 g/mol. The van der Waals surface area contributed by atoms with Crippen molar-refractivity contribution in [2.24, 2.45) is 5.92 Å². The molecule has 0 radical (unpaired) electrons. The fourth-order valence-electron chi connectivity index (χ4n) is 4.06. The summed E-state index contributed by atoms with van der Waals surface area (Å²) >= 11 is 0. The van der Waals surface area contributed by atoms with Gasteiger partial charge in [-0.3, -0.25) is 4.90 Å². The number of phenols is 1. The van der Waals surface area contributed by atoms with Crippen molar-refractivity contribution >= 4 is 24.8 Å². The average molecular weight is 377 g/mol. The van der Waals surface area contributed by atoms with E-state index in [2.05, 4.69) is 16.3 Å². The van der Waals surface area contributed by atoms with E-state index in [0.717, 1.165) is 37.5 Å². The minimum absolute atomic E-state index is 0. The van der Waals surface area contributed by atoms with Gasteiger partial charge in [0, 0.05) is 43.9 Å². The summed E-state index contributed by atoms with van der Waals surface area (Å²) in [6.45, 7) is 4.21. The van der Waals surface area contributed by atoms with Crippen LogP contribution in [0.15, 0.2) is 18.2 Å². The van der Waals surface area contributed by atoms with E-state index >= 15 is 0 Å². The molecule has 0 aromatic heterocycles. The molecule has 1 aliphatic heterocycles. The number of aromatic hydroxyl groups is 1. The van der Waals surface area contributed by atoms with Crippen molar-refractivity contribution in [1.82, 2.24) is 10.2 Å². The van der Waals surface area contributed by atoms with E-state index in [1.165, 1.54) is 32.1 Å². The highest BCUT2D eigenvalue weighted by Gasteiger charge is 2.32. The number of nitrogens with zero attached hydrogens (tertiary/aromatic N) is 1. The van der Waals surface area contributed by atoms with Crippen LogP contribution in [0.5, 0.6) is 11.5 Å². The lowest BCUT2D eigenvalue weighted by atomic mass is 9.80. The van der Waals surface area contributed by atoms with Crippen molar-refractivity contribution < 1.29 is 9.84 Å². The maximum absolute atomic E-state index is 10.5. The van der Waals surface area contributed by atoms with E-state index in [1.54, 1.807) is 13.2 Å². The largest absolute Gasteiger partial charge is 0.507 e. The van der Waals surface area contributed by atoms with Gasteiger partial charge in [-0.05, 0) is 24.8 Å². The van der Waals surface area contributed by atoms with Crippen LogP contribution in [0.25, 0.3) is 0 Å². The monoisotopic (exact) mass is 376 g/mol. The Morgan fingerprint density at radius 2 is 1.79 bits per heavy atom. The molecule has 2 fully saturated rings. The maximum Gasteiger partial charge on any atom is 0.124 e. The number of halogens is 2. The summed E-state index contributed by atoms with van der Waals surface area (Å²) < 4.78 is 5.24. The van der Waals surface area contributed by atoms with Crippen LogP contribution in [0.3, 0.4) is 0 Å². The first-order valence-electron chi connectivity index (χ1n) is 8.61. The van der Waals surface area contributed by atoms with Crippen molar-refractivity contribution in [2.45, 2.75) is 38.1 Å². The van der Waals surface area contributed by atoms with Gasteiger partial charge in [-0.25, -0.2) is 0 Å². The van der Waals surface area contributed by atoms with Crippen LogP contribution < -0.4 is 10.1 Å². The minimum Gasteiger partial charge on any atom is -0.507 e. The Morgan fingerprint density at radius 3 is 2.38 bits per heavy atom. The number of hydrogen-bond donors (Lipinski definition) is 2. The molecule has 2 aliphatic rings. The summed E-state index contributed by atoms with van der Waals surface area (Å²) in [4.78, 5) is 2.56. The number of methoxy groups -OCH3 is 1. The van der Waals surface area contributed by atoms with Crippen LogP contribution >= 0.6 is 24.8 Å². The van der Waals surface area contributed by atoms with Gasteiger partial charge in [0.05, 0.1) is 7.11 Å². The van der Waals surface area contributed by atoms with E-state index in [9.17, 15) is 5.11 Å². The standard InChI is InChI=1S/C18H28N2O2.2ClH/c1-22-15-7-8-16(17(21)13-15)18(14-5-3-2-4-6-14)20-11-9-19-10-12-20;;/h7-8,13-14,18-19,21H,2-6,9-12H2,1H3;2*1H/t18-;;/m0../s1. The molecule has 138 valence electrons. The third kappa shape index (κ3) is 4.92. The molecule has 1 atom stereocenters. The summed E-state index contributed by atoms with van der Waals surface area (Å²) in [5, 5.41) is 14.0. The van der Waals surface area contributed by atoms with Crippen molar-refractivity contribution in [1.29, 1.82) is 0 Å². The van der Waals surface area contributed by atoms with Gasteiger partial charge in [0.2, 0.25) is 0 Å². The van der Waals surface area contributed by atoms with Gasteiger partial charge < -0.3 is 15.2 Å². The normalized spacial score (nSPS) is 20.5. The van der Waals surface area contributed by atoms with Crippen LogP contribution in [0.2, 0.25) is 0 Å². The number of ether oxygens (including phenoxy) is 1. The van der Waals surface area contributed by atoms with Gasteiger partial charge in [0.25, 0.3) is 0 Å². The number of phenolic OH excluding ortho intramolecular Hbond substituents is 1. The third-order valence-corrected chi connectivity index (χ3v) is 5.20. The number of nitrogens with one attached hydrogen (secondary N) is 1.